The number of halogens is 1. The first-order valence-electron chi connectivity index (χ1n) is 9.09. The minimum atomic E-state index is -0.647. The molecule has 3 heterocycles. The Morgan fingerprint density at radius 2 is 1.79 bits per heavy atom. The number of fused-ring (bicyclic) bond motifs is 1. The lowest BCUT2D eigenvalue weighted by Gasteiger charge is -2.40. The number of aromatic hydroxyl groups is 1. The van der Waals surface area contributed by atoms with Gasteiger partial charge in [0, 0.05) is 42.4 Å². The molecule has 4 aromatic rings. The van der Waals surface area contributed by atoms with Crippen molar-refractivity contribution in [1.82, 2.24) is 15.0 Å². The number of pyridine rings is 1. The van der Waals surface area contributed by atoms with Gasteiger partial charge in [0.2, 0.25) is 0 Å². The van der Waals surface area contributed by atoms with Crippen LogP contribution in [0.25, 0.3) is 22.2 Å². The van der Waals surface area contributed by atoms with Gasteiger partial charge in [-0.2, -0.15) is 0 Å². The molecule has 0 amide bonds. The highest BCUT2D eigenvalue weighted by Crippen LogP contribution is 2.35. The summed E-state index contributed by atoms with van der Waals surface area (Å²) >= 11 is 0. The quantitative estimate of drug-likeness (QED) is 0.586. The van der Waals surface area contributed by atoms with Crippen LogP contribution in [0, 0.1) is 5.82 Å². The van der Waals surface area contributed by atoms with Gasteiger partial charge in [0.25, 0.3) is 0 Å². The van der Waals surface area contributed by atoms with Crippen molar-refractivity contribution in [1.29, 1.82) is 0 Å². The number of nitrogens with zero attached hydrogens (tertiary/aromatic N) is 4. The van der Waals surface area contributed by atoms with Gasteiger partial charge in [-0.15, -0.1) is 0 Å². The zero-order valence-electron chi connectivity index (χ0n) is 15.0. The van der Waals surface area contributed by atoms with Crippen LogP contribution in [0.5, 0.6) is 5.75 Å². The Hall–Kier alpha value is -3.54. The third kappa shape index (κ3) is 2.83. The Morgan fingerprint density at radius 3 is 2.64 bits per heavy atom. The molecule has 0 bridgehead atoms. The SMILES string of the molecule is Oc1cc(-c2nccnc2C2CN(c3ccc4ccccc4n3)C2)ccc1F. The third-order valence-electron chi connectivity index (χ3n) is 5.12. The van der Waals surface area contributed by atoms with Gasteiger partial charge in [-0.3, -0.25) is 9.97 Å². The van der Waals surface area contributed by atoms with Gasteiger partial charge >= 0.3 is 0 Å². The number of anilines is 1. The van der Waals surface area contributed by atoms with Gasteiger partial charge in [0.1, 0.15) is 5.82 Å². The molecule has 2 aromatic heterocycles. The largest absolute Gasteiger partial charge is 0.505 e. The number of phenolic OH excluding ortho intramolecular Hbond substituents is 1. The van der Waals surface area contributed by atoms with E-state index >= 15 is 0 Å². The number of hydrogen-bond acceptors (Lipinski definition) is 5. The monoisotopic (exact) mass is 372 g/mol. The molecule has 1 aliphatic rings. The average Bonchev–Trinajstić information content (AvgIpc) is 2.69. The molecule has 0 unspecified atom stereocenters. The number of rotatable bonds is 3. The van der Waals surface area contributed by atoms with Crippen LogP contribution in [0.15, 0.2) is 67.0 Å². The van der Waals surface area contributed by atoms with E-state index in [4.69, 9.17) is 4.98 Å². The van der Waals surface area contributed by atoms with E-state index in [2.05, 4.69) is 27.0 Å². The van der Waals surface area contributed by atoms with Crippen LogP contribution in [-0.4, -0.2) is 33.1 Å². The lowest BCUT2D eigenvalue weighted by Crippen LogP contribution is -2.46. The minimum Gasteiger partial charge on any atom is -0.505 e. The zero-order chi connectivity index (χ0) is 19.1. The third-order valence-corrected chi connectivity index (χ3v) is 5.12. The van der Waals surface area contributed by atoms with Crippen molar-refractivity contribution in [3.63, 3.8) is 0 Å². The summed E-state index contributed by atoms with van der Waals surface area (Å²) in [5, 5.41) is 10.8. The Bertz CT molecular complexity index is 1170. The molecule has 1 fully saturated rings. The summed E-state index contributed by atoms with van der Waals surface area (Å²) in [6.45, 7) is 1.56. The summed E-state index contributed by atoms with van der Waals surface area (Å²) in [6, 6.07) is 16.4. The first-order chi connectivity index (χ1) is 13.7. The summed E-state index contributed by atoms with van der Waals surface area (Å²) in [6.07, 6.45) is 3.28. The molecule has 1 saturated heterocycles. The predicted octanol–water partition coefficient (Wildman–Crippen LogP) is 4.14. The second-order valence-electron chi connectivity index (χ2n) is 6.92. The van der Waals surface area contributed by atoms with Gasteiger partial charge in [-0.05, 0) is 36.4 Å². The number of phenols is 1. The van der Waals surface area contributed by atoms with Crippen LogP contribution in [0.3, 0.4) is 0 Å². The van der Waals surface area contributed by atoms with E-state index in [9.17, 15) is 9.50 Å². The Labute approximate surface area is 161 Å². The van der Waals surface area contributed by atoms with Crippen LogP contribution in [0.4, 0.5) is 10.2 Å². The fourth-order valence-electron chi connectivity index (χ4n) is 3.60. The minimum absolute atomic E-state index is 0.198. The van der Waals surface area contributed by atoms with E-state index in [1.54, 1.807) is 18.5 Å². The van der Waals surface area contributed by atoms with Crippen LogP contribution >= 0.6 is 0 Å². The van der Waals surface area contributed by atoms with E-state index in [1.165, 1.54) is 12.1 Å². The molecule has 0 aliphatic carbocycles. The molecular formula is C22H17FN4O. The van der Waals surface area contributed by atoms with Crippen LogP contribution in [0.2, 0.25) is 0 Å². The number of hydrogen-bond donors (Lipinski definition) is 1. The maximum Gasteiger partial charge on any atom is 0.164 e. The van der Waals surface area contributed by atoms with Crippen molar-refractivity contribution in [3.8, 4) is 17.0 Å². The molecule has 28 heavy (non-hydrogen) atoms. The van der Waals surface area contributed by atoms with Crippen molar-refractivity contribution >= 4 is 16.7 Å². The van der Waals surface area contributed by atoms with E-state index in [0.29, 0.717) is 11.3 Å². The van der Waals surface area contributed by atoms with Crippen molar-refractivity contribution in [2.75, 3.05) is 18.0 Å². The van der Waals surface area contributed by atoms with Crippen LogP contribution in [-0.2, 0) is 0 Å². The fourth-order valence-corrected chi connectivity index (χ4v) is 3.60. The zero-order valence-corrected chi connectivity index (χ0v) is 15.0. The molecule has 1 N–H and O–H groups in total. The summed E-state index contributed by atoms with van der Waals surface area (Å²) in [7, 11) is 0. The maximum absolute atomic E-state index is 13.4. The Morgan fingerprint density at radius 1 is 0.964 bits per heavy atom. The normalized spacial score (nSPS) is 14.2. The van der Waals surface area contributed by atoms with Crippen LogP contribution < -0.4 is 4.90 Å². The molecule has 2 aromatic carbocycles. The standard InChI is InChI=1S/C22H17FN4O/c23-17-7-5-15(11-19(17)28)21-22(25-10-9-24-21)16-12-27(13-16)20-8-6-14-3-1-2-4-18(14)26-20/h1-11,16,28H,12-13H2. The van der Waals surface area contributed by atoms with Gasteiger partial charge in [-0.25, -0.2) is 9.37 Å². The number of benzene rings is 2. The molecule has 0 spiro atoms. The highest BCUT2D eigenvalue weighted by atomic mass is 19.1. The highest BCUT2D eigenvalue weighted by molar-refractivity contribution is 5.80. The first-order valence-corrected chi connectivity index (χ1v) is 9.09. The Balaban J connectivity index is 1.41. The maximum atomic E-state index is 13.4. The van der Waals surface area contributed by atoms with Gasteiger partial charge in [-0.1, -0.05) is 18.2 Å². The number of aromatic nitrogens is 3. The van der Waals surface area contributed by atoms with E-state index < -0.39 is 5.82 Å². The molecule has 5 rings (SSSR count). The second-order valence-corrected chi connectivity index (χ2v) is 6.92. The molecule has 6 heteroatoms. The predicted molar refractivity (Wildman–Crippen MR) is 106 cm³/mol. The first kappa shape index (κ1) is 16.6. The number of para-hydroxylation sites is 1. The topological polar surface area (TPSA) is 62.1 Å². The van der Waals surface area contributed by atoms with Gasteiger partial charge < -0.3 is 10.0 Å². The van der Waals surface area contributed by atoms with Crippen LogP contribution in [0.1, 0.15) is 11.6 Å². The Kier molecular flexibility index (Phi) is 3.90. The summed E-state index contributed by atoms with van der Waals surface area (Å²) < 4.78 is 13.4. The van der Waals surface area contributed by atoms with Crippen molar-refractivity contribution < 1.29 is 9.50 Å². The lowest BCUT2D eigenvalue weighted by atomic mass is 9.92. The molecule has 5 nitrogen and oxygen atoms in total. The van der Waals surface area contributed by atoms with Crippen molar-refractivity contribution in [2.45, 2.75) is 5.92 Å². The fraction of sp³-hybridized carbons (Fsp3) is 0.136. The molecule has 138 valence electrons. The molecule has 0 saturated carbocycles. The highest BCUT2D eigenvalue weighted by Gasteiger charge is 2.32. The molecule has 0 radical (unpaired) electrons. The van der Waals surface area contributed by atoms with Gasteiger partial charge in [0.15, 0.2) is 11.6 Å². The lowest BCUT2D eigenvalue weighted by molar-refractivity contribution is 0.432. The smallest absolute Gasteiger partial charge is 0.164 e. The second kappa shape index (κ2) is 6.56. The van der Waals surface area contributed by atoms with E-state index in [1.807, 2.05) is 24.3 Å². The summed E-state index contributed by atoms with van der Waals surface area (Å²) in [5.41, 5.74) is 3.16. The summed E-state index contributed by atoms with van der Waals surface area (Å²) in [5.74, 6) is 0.111. The molecule has 0 atom stereocenters. The molecular weight excluding hydrogens is 355 g/mol. The van der Waals surface area contributed by atoms with E-state index in [-0.39, 0.29) is 11.7 Å². The average molecular weight is 372 g/mol. The van der Waals surface area contributed by atoms with Crippen molar-refractivity contribution in [3.05, 3.63) is 78.5 Å². The van der Waals surface area contributed by atoms with E-state index in [0.717, 1.165) is 35.5 Å². The van der Waals surface area contributed by atoms with Gasteiger partial charge in [0.05, 0.1) is 16.9 Å². The summed E-state index contributed by atoms with van der Waals surface area (Å²) in [4.78, 5) is 15.9. The molecule has 1 aliphatic heterocycles. The van der Waals surface area contributed by atoms with Crippen molar-refractivity contribution in [2.24, 2.45) is 0 Å².